The molecule has 0 amide bonds. The molecule has 2 rings (SSSR count). The van der Waals surface area contributed by atoms with Crippen molar-refractivity contribution in [3.8, 4) is 12.1 Å². The molecule has 0 fully saturated rings. The summed E-state index contributed by atoms with van der Waals surface area (Å²) < 4.78 is 0. The minimum atomic E-state index is 0.193. The molecule has 3 heteroatoms. The van der Waals surface area contributed by atoms with Gasteiger partial charge >= 0.3 is 0 Å². The van der Waals surface area contributed by atoms with Gasteiger partial charge in [-0.05, 0) is 29.3 Å². The van der Waals surface area contributed by atoms with Gasteiger partial charge in [-0.25, -0.2) is 4.98 Å². The van der Waals surface area contributed by atoms with Crippen LogP contribution in [-0.2, 0) is 0 Å². The van der Waals surface area contributed by atoms with Gasteiger partial charge in [0.25, 0.3) is 0 Å². The molecule has 0 aliphatic carbocycles. The molecule has 86 valence electrons. The highest BCUT2D eigenvalue weighted by molar-refractivity contribution is 5.37. The fourth-order valence-corrected chi connectivity index (χ4v) is 1.77. The first kappa shape index (κ1) is 11.8. The summed E-state index contributed by atoms with van der Waals surface area (Å²) in [6.07, 6.45) is 1.72. The number of aromatic nitrogens is 1. The summed E-state index contributed by atoms with van der Waals surface area (Å²) in [5.74, 6) is 0.193. The summed E-state index contributed by atoms with van der Waals surface area (Å²) in [4.78, 5) is 4.06. The second kappa shape index (κ2) is 5.12. The van der Waals surface area contributed by atoms with Gasteiger partial charge < -0.3 is 0 Å². The first-order chi connectivity index (χ1) is 8.74. The zero-order valence-corrected chi connectivity index (χ0v) is 9.96. The van der Waals surface area contributed by atoms with Crippen molar-refractivity contribution in [2.75, 3.05) is 0 Å². The molecule has 0 spiro atoms. The van der Waals surface area contributed by atoms with Gasteiger partial charge in [0.15, 0.2) is 0 Å². The molecular formula is C15H11N3. The molecule has 1 unspecified atom stereocenters. The fraction of sp³-hybridized carbons (Fsp3) is 0.133. The van der Waals surface area contributed by atoms with Crippen LogP contribution in [-0.4, -0.2) is 4.98 Å². The molecule has 18 heavy (non-hydrogen) atoms. The van der Waals surface area contributed by atoms with Crippen LogP contribution in [0.15, 0.2) is 42.6 Å². The predicted octanol–water partition coefficient (Wildman–Crippen LogP) is 2.98. The summed E-state index contributed by atoms with van der Waals surface area (Å²) in [7, 11) is 0. The highest BCUT2D eigenvalue weighted by Crippen LogP contribution is 2.23. The van der Waals surface area contributed by atoms with Gasteiger partial charge in [0, 0.05) is 12.1 Å². The average molecular weight is 233 g/mol. The molecule has 0 saturated heterocycles. The lowest BCUT2D eigenvalue weighted by Crippen LogP contribution is -1.97. The summed E-state index contributed by atoms with van der Waals surface area (Å²) in [5.41, 5.74) is 3.26. The van der Waals surface area contributed by atoms with Crippen molar-refractivity contribution in [1.29, 1.82) is 10.5 Å². The largest absolute Gasteiger partial charge is 0.245 e. The quantitative estimate of drug-likeness (QED) is 0.801. The molecule has 1 atom stereocenters. The monoisotopic (exact) mass is 233 g/mol. The lowest BCUT2D eigenvalue weighted by atomic mass is 9.94. The van der Waals surface area contributed by atoms with Crippen molar-refractivity contribution in [2.45, 2.75) is 12.8 Å². The number of hydrogen-bond acceptors (Lipinski definition) is 3. The molecule has 0 aliphatic heterocycles. The normalized spacial score (nSPS) is 11.3. The standard InChI is InChI=1S/C15H11N3/c1-11(13-4-2-12(8-16)3-5-13)14-6-7-15(9-17)18-10-14/h2-7,10-11H,1H3. The first-order valence-corrected chi connectivity index (χ1v) is 5.60. The van der Waals surface area contributed by atoms with Crippen molar-refractivity contribution in [1.82, 2.24) is 4.98 Å². The van der Waals surface area contributed by atoms with E-state index in [4.69, 9.17) is 10.5 Å². The van der Waals surface area contributed by atoms with Crippen LogP contribution in [0, 0.1) is 22.7 Å². The molecule has 1 aromatic carbocycles. The Bertz CT molecular complexity index is 555. The number of rotatable bonds is 2. The van der Waals surface area contributed by atoms with E-state index in [9.17, 15) is 0 Å². The maximum atomic E-state index is 8.75. The maximum Gasteiger partial charge on any atom is 0.140 e. The molecule has 0 aliphatic rings. The van der Waals surface area contributed by atoms with Crippen LogP contribution in [0.1, 0.15) is 35.2 Å². The summed E-state index contributed by atoms with van der Waals surface area (Å²) in [6, 6.07) is 15.2. The number of hydrogen-bond donors (Lipinski definition) is 0. The Hall–Kier alpha value is -2.65. The van der Waals surface area contributed by atoms with Crippen LogP contribution in [0.3, 0.4) is 0 Å². The average Bonchev–Trinajstić information content (AvgIpc) is 2.47. The predicted molar refractivity (Wildman–Crippen MR) is 67.6 cm³/mol. The Kier molecular flexibility index (Phi) is 3.36. The Labute approximate surface area is 106 Å². The second-order valence-electron chi connectivity index (χ2n) is 4.04. The van der Waals surface area contributed by atoms with E-state index < -0.39 is 0 Å². The molecule has 1 aromatic heterocycles. The van der Waals surface area contributed by atoms with Crippen molar-refractivity contribution < 1.29 is 0 Å². The van der Waals surface area contributed by atoms with Crippen LogP contribution in [0.5, 0.6) is 0 Å². The first-order valence-electron chi connectivity index (χ1n) is 5.60. The third kappa shape index (κ3) is 2.36. The Balaban J connectivity index is 2.27. The second-order valence-corrected chi connectivity index (χ2v) is 4.04. The van der Waals surface area contributed by atoms with E-state index in [2.05, 4.69) is 18.0 Å². The topological polar surface area (TPSA) is 60.5 Å². The third-order valence-electron chi connectivity index (χ3n) is 2.94. The van der Waals surface area contributed by atoms with E-state index >= 15 is 0 Å². The van der Waals surface area contributed by atoms with Gasteiger partial charge in [-0.1, -0.05) is 25.1 Å². The highest BCUT2D eigenvalue weighted by Gasteiger charge is 2.08. The zero-order chi connectivity index (χ0) is 13.0. The van der Waals surface area contributed by atoms with E-state index in [1.807, 2.05) is 36.4 Å². The number of nitriles is 2. The van der Waals surface area contributed by atoms with Crippen molar-refractivity contribution >= 4 is 0 Å². The van der Waals surface area contributed by atoms with Crippen LogP contribution in [0.4, 0.5) is 0 Å². The van der Waals surface area contributed by atoms with Crippen LogP contribution in [0.25, 0.3) is 0 Å². The lowest BCUT2D eigenvalue weighted by molar-refractivity contribution is 0.909. The molecule has 0 N–H and O–H groups in total. The van der Waals surface area contributed by atoms with Gasteiger partial charge in [-0.2, -0.15) is 10.5 Å². The zero-order valence-electron chi connectivity index (χ0n) is 9.96. The SMILES string of the molecule is CC(c1ccc(C#N)cc1)c1ccc(C#N)nc1. The van der Waals surface area contributed by atoms with Crippen LogP contribution < -0.4 is 0 Å². The third-order valence-corrected chi connectivity index (χ3v) is 2.94. The highest BCUT2D eigenvalue weighted by atomic mass is 14.7. The Morgan fingerprint density at radius 3 is 2.11 bits per heavy atom. The molecular weight excluding hydrogens is 222 g/mol. The molecule has 0 saturated carbocycles. The van der Waals surface area contributed by atoms with E-state index in [1.54, 1.807) is 12.3 Å². The van der Waals surface area contributed by atoms with Crippen molar-refractivity contribution in [3.05, 3.63) is 65.0 Å². The van der Waals surface area contributed by atoms with E-state index in [1.165, 1.54) is 0 Å². The van der Waals surface area contributed by atoms with Gasteiger partial charge in [-0.15, -0.1) is 0 Å². The van der Waals surface area contributed by atoms with Gasteiger partial charge in [-0.3, -0.25) is 0 Å². The lowest BCUT2D eigenvalue weighted by Gasteiger charge is -2.11. The van der Waals surface area contributed by atoms with Crippen LogP contribution in [0.2, 0.25) is 0 Å². The van der Waals surface area contributed by atoms with E-state index in [-0.39, 0.29) is 5.92 Å². The molecule has 0 radical (unpaired) electrons. The smallest absolute Gasteiger partial charge is 0.140 e. The van der Waals surface area contributed by atoms with Gasteiger partial charge in [0.1, 0.15) is 11.8 Å². The Morgan fingerprint density at radius 2 is 1.61 bits per heavy atom. The molecule has 1 heterocycles. The minimum Gasteiger partial charge on any atom is -0.245 e. The molecule has 3 nitrogen and oxygen atoms in total. The number of pyridine rings is 1. The molecule has 0 bridgehead atoms. The number of nitrogens with zero attached hydrogens (tertiary/aromatic N) is 3. The number of benzene rings is 1. The summed E-state index contributed by atoms with van der Waals surface area (Å²) in [5, 5.41) is 17.4. The fourth-order valence-electron chi connectivity index (χ4n) is 1.77. The van der Waals surface area contributed by atoms with Crippen molar-refractivity contribution in [2.24, 2.45) is 0 Å². The summed E-state index contributed by atoms with van der Waals surface area (Å²) >= 11 is 0. The Morgan fingerprint density at radius 1 is 0.944 bits per heavy atom. The van der Waals surface area contributed by atoms with E-state index in [0.29, 0.717) is 11.3 Å². The maximum absolute atomic E-state index is 8.75. The van der Waals surface area contributed by atoms with Gasteiger partial charge in [0.05, 0.1) is 11.6 Å². The van der Waals surface area contributed by atoms with Crippen LogP contribution >= 0.6 is 0 Å². The van der Waals surface area contributed by atoms with E-state index in [0.717, 1.165) is 11.1 Å². The summed E-state index contributed by atoms with van der Waals surface area (Å²) in [6.45, 7) is 2.07. The molecule has 2 aromatic rings. The minimum absolute atomic E-state index is 0.193. The van der Waals surface area contributed by atoms with Gasteiger partial charge in [0.2, 0.25) is 0 Å². The van der Waals surface area contributed by atoms with Crippen molar-refractivity contribution in [3.63, 3.8) is 0 Å².